The molecule has 0 aromatic heterocycles. The van der Waals surface area contributed by atoms with Crippen molar-refractivity contribution >= 4 is 5.78 Å². The van der Waals surface area contributed by atoms with Crippen LogP contribution in [0.3, 0.4) is 0 Å². The maximum absolute atomic E-state index is 12.5. The molecule has 2 aliphatic rings. The van der Waals surface area contributed by atoms with Crippen LogP contribution < -0.4 is 5.73 Å². The second-order valence-corrected chi connectivity index (χ2v) is 5.95. The van der Waals surface area contributed by atoms with Crippen molar-refractivity contribution in [1.29, 1.82) is 5.26 Å². The van der Waals surface area contributed by atoms with Crippen LogP contribution in [0, 0.1) is 18.3 Å². The Bertz CT molecular complexity index is 735. The normalized spacial score (nSPS) is 21.8. The first-order valence-electron chi connectivity index (χ1n) is 7.51. The van der Waals surface area contributed by atoms with Gasteiger partial charge in [0.25, 0.3) is 0 Å². The molecule has 0 amide bonds. The first kappa shape index (κ1) is 14.4. The molecule has 1 atom stereocenters. The number of rotatable bonds is 1. The van der Waals surface area contributed by atoms with Crippen molar-refractivity contribution in [3.05, 3.63) is 58.1 Å². The minimum absolute atomic E-state index is 0.138. The number of nitrogens with two attached hydrogens (primary N) is 1. The zero-order valence-corrected chi connectivity index (χ0v) is 12.9. The molecule has 0 fully saturated rings. The summed E-state index contributed by atoms with van der Waals surface area (Å²) in [5.74, 6) is 0.269. The Hall–Kier alpha value is -2.54. The van der Waals surface area contributed by atoms with E-state index in [9.17, 15) is 10.1 Å². The molecule has 1 aromatic rings. The summed E-state index contributed by atoms with van der Waals surface area (Å²) in [6.07, 6.45) is 2.23. The summed E-state index contributed by atoms with van der Waals surface area (Å²) in [5, 5.41) is 9.59. The van der Waals surface area contributed by atoms with Crippen LogP contribution in [0.15, 0.2) is 46.9 Å². The van der Waals surface area contributed by atoms with Crippen LogP contribution in [0.4, 0.5) is 0 Å². The monoisotopic (exact) mass is 293 g/mol. The van der Waals surface area contributed by atoms with E-state index in [1.807, 2.05) is 43.1 Å². The number of allylic oxidation sites excluding steroid dienone is 3. The number of benzene rings is 1. The lowest BCUT2D eigenvalue weighted by Crippen LogP contribution is -2.36. The second-order valence-electron chi connectivity index (χ2n) is 5.95. The average molecular weight is 293 g/mol. The molecule has 0 bridgehead atoms. The van der Waals surface area contributed by atoms with Crippen molar-refractivity contribution in [3.63, 3.8) is 0 Å². The van der Waals surface area contributed by atoms with Gasteiger partial charge in [0.15, 0.2) is 5.78 Å². The molecule has 1 aliphatic carbocycles. The lowest BCUT2D eigenvalue weighted by molar-refractivity contribution is -0.116. The van der Waals surface area contributed by atoms with Gasteiger partial charge in [0.2, 0.25) is 0 Å². The molecular weight excluding hydrogens is 274 g/mol. The Morgan fingerprint density at radius 2 is 1.95 bits per heavy atom. The molecule has 1 aliphatic heterocycles. The number of hydrogen-bond acceptors (Lipinski definition) is 4. The molecule has 0 unspecified atom stereocenters. The lowest BCUT2D eigenvalue weighted by Gasteiger charge is -2.37. The van der Waals surface area contributed by atoms with Crippen molar-refractivity contribution in [2.24, 2.45) is 5.73 Å². The lowest BCUT2D eigenvalue weighted by atomic mass is 9.76. The maximum atomic E-state index is 12.5. The van der Waals surface area contributed by atoms with Crippen molar-refractivity contribution in [2.75, 3.05) is 7.05 Å². The molecule has 0 saturated heterocycles. The van der Waals surface area contributed by atoms with Gasteiger partial charge in [0, 0.05) is 24.7 Å². The summed E-state index contributed by atoms with van der Waals surface area (Å²) >= 11 is 0. The highest BCUT2D eigenvalue weighted by Crippen LogP contribution is 2.43. The van der Waals surface area contributed by atoms with Gasteiger partial charge in [-0.05, 0) is 25.3 Å². The quantitative estimate of drug-likeness (QED) is 0.864. The van der Waals surface area contributed by atoms with Crippen molar-refractivity contribution in [3.8, 4) is 6.07 Å². The third kappa shape index (κ3) is 2.10. The zero-order valence-electron chi connectivity index (χ0n) is 12.9. The zero-order chi connectivity index (χ0) is 15.9. The summed E-state index contributed by atoms with van der Waals surface area (Å²) in [7, 11) is 1.84. The van der Waals surface area contributed by atoms with E-state index in [0.717, 1.165) is 35.2 Å². The second kappa shape index (κ2) is 5.34. The van der Waals surface area contributed by atoms with E-state index >= 15 is 0 Å². The van der Waals surface area contributed by atoms with Crippen LogP contribution >= 0.6 is 0 Å². The van der Waals surface area contributed by atoms with Gasteiger partial charge in [-0.2, -0.15) is 5.26 Å². The Labute approximate surface area is 130 Å². The summed E-state index contributed by atoms with van der Waals surface area (Å²) in [6.45, 7) is 2.02. The van der Waals surface area contributed by atoms with Crippen molar-refractivity contribution < 1.29 is 4.79 Å². The van der Waals surface area contributed by atoms with E-state index < -0.39 is 0 Å². The van der Waals surface area contributed by atoms with Crippen molar-refractivity contribution in [2.45, 2.75) is 32.1 Å². The fourth-order valence-electron chi connectivity index (χ4n) is 3.36. The van der Waals surface area contributed by atoms with Crippen LogP contribution in [-0.2, 0) is 4.79 Å². The van der Waals surface area contributed by atoms with Crippen LogP contribution in [0.1, 0.15) is 36.3 Å². The first-order valence-corrected chi connectivity index (χ1v) is 7.51. The Balaban J connectivity index is 2.22. The smallest absolute Gasteiger partial charge is 0.161 e. The third-order valence-corrected chi connectivity index (χ3v) is 4.58. The Kier molecular flexibility index (Phi) is 3.50. The Morgan fingerprint density at radius 3 is 2.59 bits per heavy atom. The molecule has 1 heterocycles. The SMILES string of the molecule is Cc1ccc([C@H]2C(C#N)=C(N)N(C)C3=C2C(=O)CCC3)cc1. The fraction of sp³-hybridized carbons (Fsp3) is 0.333. The van der Waals surface area contributed by atoms with Gasteiger partial charge in [0.1, 0.15) is 5.82 Å². The van der Waals surface area contributed by atoms with Gasteiger partial charge < -0.3 is 10.6 Å². The molecule has 0 saturated carbocycles. The van der Waals surface area contributed by atoms with E-state index in [0.29, 0.717) is 17.8 Å². The van der Waals surface area contributed by atoms with Gasteiger partial charge in [0.05, 0.1) is 17.6 Å². The number of Topliss-reactive ketones (excluding diaryl/α,β-unsaturated/α-hetero) is 1. The molecule has 0 radical (unpaired) electrons. The van der Waals surface area contributed by atoms with Gasteiger partial charge >= 0.3 is 0 Å². The molecule has 4 nitrogen and oxygen atoms in total. The number of ketones is 1. The van der Waals surface area contributed by atoms with E-state index in [4.69, 9.17) is 5.73 Å². The number of nitrogens with zero attached hydrogens (tertiary/aromatic N) is 2. The Morgan fingerprint density at radius 1 is 1.27 bits per heavy atom. The van der Waals surface area contributed by atoms with E-state index in [1.54, 1.807) is 0 Å². The van der Waals surface area contributed by atoms with E-state index in [2.05, 4.69) is 6.07 Å². The molecule has 0 spiro atoms. The van der Waals surface area contributed by atoms with Gasteiger partial charge in [-0.25, -0.2) is 0 Å². The van der Waals surface area contributed by atoms with Gasteiger partial charge in [-0.3, -0.25) is 4.79 Å². The minimum Gasteiger partial charge on any atom is -0.384 e. The van der Waals surface area contributed by atoms with Crippen molar-refractivity contribution in [1.82, 2.24) is 4.90 Å². The minimum atomic E-state index is -0.329. The van der Waals surface area contributed by atoms with Crippen LogP contribution in [0.2, 0.25) is 0 Å². The summed E-state index contributed by atoms with van der Waals surface area (Å²) in [5.41, 5.74) is 10.5. The summed E-state index contributed by atoms with van der Waals surface area (Å²) in [4.78, 5) is 14.4. The van der Waals surface area contributed by atoms with Gasteiger partial charge in [-0.15, -0.1) is 0 Å². The van der Waals surface area contributed by atoms with E-state index in [1.165, 1.54) is 0 Å². The largest absolute Gasteiger partial charge is 0.384 e. The highest BCUT2D eigenvalue weighted by molar-refractivity contribution is 5.99. The summed E-state index contributed by atoms with van der Waals surface area (Å²) < 4.78 is 0. The van der Waals surface area contributed by atoms with Gasteiger partial charge in [-0.1, -0.05) is 29.8 Å². The molecule has 1 aromatic carbocycles. The fourth-order valence-corrected chi connectivity index (χ4v) is 3.36. The van der Waals surface area contributed by atoms with Crippen LogP contribution in [0.5, 0.6) is 0 Å². The third-order valence-electron chi connectivity index (χ3n) is 4.58. The molecule has 112 valence electrons. The predicted octanol–water partition coefficient (Wildman–Crippen LogP) is 2.73. The molecule has 4 heteroatoms. The molecule has 22 heavy (non-hydrogen) atoms. The molecule has 2 N–H and O–H groups in total. The number of nitriles is 1. The van der Waals surface area contributed by atoms with Crippen LogP contribution in [-0.4, -0.2) is 17.7 Å². The maximum Gasteiger partial charge on any atom is 0.161 e. The average Bonchev–Trinajstić information content (AvgIpc) is 2.52. The standard InChI is InChI=1S/C18H19N3O/c1-11-6-8-12(9-7-11)16-13(10-19)18(20)21(2)14-4-3-5-15(22)17(14)16/h6-9,16H,3-5,20H2,1-2H3/t16-/m0/s1. The van der Waals surface area contributed by atoms with E-state index in [-0.39, 0.29) is 11.7 Å². The highest BCUT2D eigenvalue weighted by atomic mass is 16.1. The number of carbonyl (C=O) groups excluding carboxylic acids is 1. The number of hydrogen-bond donors (Lipinski definition) is 1. The number of aryl methyl sites for hydroxylation is 1. The molecular formula is C18H19N3O. The highest BCUT2D eigenvalue weighted by Gasteiger charge is 2.38. The number of carbonyl (C=O) groups is 1. The predicted molar refractivity (Wildman–Crippen MR) is 84.4 cm³/mol. The summed E-state index contributed by atoms with van der Waals surface area (Å²) in [6, 6.07) is 10.2. The molecule has 3 rings (SSSR count). The topological polar surface area (TPSA) is 70.1 Å². The first-order chi connectivity index (χ1) is 10.5. The van der Waals surface area contributed by atoms with Crippen LogP contribution in [0.25, 0.3) is 0 Å².